The summed E-state index contributed by atoms with van der Waals surface area (Å²) in [6, 6.07) is 14.6. The fourth-order valence-corrected chi connectivity index (χ4v) is 3.57. The first kappa shape index (κ1) is 22.9. The van der Waals surface area contributed by atoms with Gasteiger partial charge in [-0.1, -0.05) is 36.4 Å². The van der Waals surface area contributed by atoms with Gasteiger partial charge in [0, 0.05) is 30.3 Å². The number of rotatable bonds is 13. The molecule has 1 amide bonds. The van der Waals surface area contributed by atoms with Gasteiger partial charge in [0.05, 0.1) is 12.6 Å². The third-order valence-corrected chi connectivity index (χ3v) is 5.28. The molecule has 8 nitrogen and oxygen atoms in total. The van der Waals surface area contributed by atoms with Crippen LogP contribution >= 0.6 is 0 Å². The van der Waals surface area contributed by atoms with Crippen LogP contribution in [0.4, 0.5) is 0 Å². The van der Waals surface area contributed by atoms with Crippen LogP contribution in [0.25, 0.3) is 0 Å². The normalized spacial score (nSPS) is 13.9. The van der Waals surface area contributed by atoms with Gasteiger partial charge in [-0.15, -0.1) is 0 Å². The number of benzene rings is 2. The standard InChI is InChI=1S/C24H26N4O4/c25-27-19(14-26-12-11-18-6-2-1-3-7-18)17-32-23-10-4-9-21-22(23)15-28(24(21)31)20(16-30)8-5-13-29/h1-4,6-7,9-10,13-14,16,20,25-26H,5,8,11-12,15,17H2/b19-14-,27-25?. The molecule has 1 heterocycles. The minimum Gasteiger partial charge on any atom is -0.487 e. The minimum absolute atomic E-state index is 0.0642. The summed E-state index contributed by atoms with van der Waals surface area (Å²) in [6.07, 6.45) is 4.44. The van der Waals surface area contributed by atoms with Gasteiger partial charge in [-0.25, -0.2) is 5.53 Å². The lowest BCUT2D eigenvalue weighted by Crippen LogP contribution is -2.36. The first-order valence-electron chi connectivity index (χ1n) is 10.5. The van der Waals surface area contributed by atoms with Crippen molar-refractivity contribution < 1.29 is 19.1 Å². The zero-order valence-corrected chi connectivity index (χ0v) is 17.7. The van der Waals surface area contributed by atoms with E-state index < -0.39 is 6.04 Å². The molecule has 2 N–H and O–H groups in total. The Morgan fingerprint density at radius 3 is 2.72 bits per heavy atom. The van der Waals surface area contributed by atoms with Gasteiger partial charge in [0.25, 0.3) is 5.91 Å². The number of fused-ring (bicyclic) bond motifs is 1. The van der Waals surface area contributed by atoms with Crippen LogP contribution in [0.3, 0.4) is 0 Å². The van der Waals surface area contributed by atoms with E-state index in [1.54, 1.807) is 24.4 Å². The lowest BCUT2D eigenvalue weighted by atomic mass is 10.1. The van der Waals surface area contributed by atoms with Crippen molar-refractivity contribution >= 4 is 18.5 Å². The molecule has 32 heavy (non-hydrogen) atoms. The third kappa shape index (κ3) is 5.66. The summed E-state index contributed by atoms with van der Waals surface area (Å²) in [5, 5.41) is 6.66. The SMILES string of the molecule is N=N/C(=C\NCCc1ccccc1)COc1cccc2c1CN(C(C=O)CCC=O)C2=O. The molecule has 2 aromatic rings. The van der Waals surface area contributed by atoms with E-state index in [-0.39, 0.29) is 25.5 Å². The van der Waals surface area contributed by atoms with E-state index in [4.69, 9.17) is 10.3 Å². The summed E-state index contributed by atoms with van der Waals surface area (Å²) in [6.45, 7) is 0.995. The highest BCUT2D eigenvalue weighted by Crippen LogP contribution is 2.32. The molecule has 2 aromatic carbocycles. The molecule has 0 radical (unpaired) electrons. The second-order valence-electron chi connectivity index (χ2n) is 7.39. The number of amides is 1. The fraction of sp³-hybridized carbons (Fsp3) is 0.292. The summed E-state index contributed by atoms with van der Waals surface area (Å²) < 4.78 is 5.86. The first-order valence-corrected chi connectivity index (χ1v) is 10.5. The molecule has 0 aromatic heterocycles. The number of ether oxygens (including phenoxy) is 1. The summed E-state index contributed by atoms with van der Waals surface area (Å²) in [5.74, 6) is 0.259. The number of nitrogens with zero attached hydrogens (tertiary/aromatic N) is 2. The van der Waals surface area contributed by atoms with E-state index in [0.717, 1.165) is 12.7 Å². The molecule has 1 aliphatic heterocycles. The average molecular weight is 434 g/mol. The van der Waals surface area contributed by atoms with Gasteiger partial charge < -0.3 is 24.5 Å². The molecule has 0 fully saturated rings. The molecule has 0 spiro atoms. The Morgan fingerprint density at radius 1 is 1.19 bits per heavy atom. The molecular formula is C24H26N4O4. The largest absolute Gasteiger partial charge is 0.487 e. The van der Waals surface area contributed by atoms with Gasteiger partial charge >= 0.3 is 0 Å². The Hall–Kier alpha value is -3.81. The molecule has 0 bridgehead atoms. The van der Waals surface area contributed by atoms with Crippen molar-refractivity contribution in [1.29, 1.82) is 5.53 Å². The van der Waals surface area contributed by atoms with E-state index in [9.17, 15) is 14.4 Å². The predicted octanol–water partition coefficient (Wildman–Crippen LogP) is 3.27. The van der Waals surface area contributed by atoms with E-state index in [2.05, 4.69) is 22.6 Å². The van der Waals surface area contributed by atoms with Crippen molar-refractivity contribution in [3.05, 3.63) is 77.1 Å². The van der Waals surface area contributed by atoms with Crippen LogP contribution in [0.5, 0.6) is 5.75 Å². The van der Waals surface area contributed by atoms with Gasteiger partial charge in [-0.05, 0) is 30.5 Å². The number of hydrogen-bond acceptors (Lipinski definition) is 7. The van der Waals surface area contributed by atoms with Crippen molar-refractivity contribution in [3.63, 3.8) is 0 Å². The second kappa shape index (κ2) is 11.5. The molecule has 1 unspecified atom stereocenters. The van der Waals surface area contributed by atoms with Crippen molar-refractivity contribution in [2.75, 3.05) is 13.2 Å². The van der Waals surface area contributed by atoms with Crippen molar-refractivity contribution in [3.8, 4) is 5.75 Å². The number of carbonyl (C=O) groups excluding carboxylic acids is 3. The Labute approximate surface area is 186 Å². The molecule has 0 aliphatic carbocycles. The molecule has 0 saturated carbocycles. The minimum atomic E-state index is -0.652. The maximum atomic E-state index is 12.8. The summed E-state index contributed by atoms with van der Waals surface area (Å²) in [4.78, 5) is 36.3. The molecule has 8 heteroatoms. The predicted molar refractivity (Wildman–Crippen MR) is 118 cm³/mol. The smallest absolute Gasteiger partial charge is 0.255 e. The maximum Gasteiger partial charge on any atom is 0.255 e. The van der Waals surface area contributed by atoms with Crippen molar-refractivity contribution in [2.45, 2.75) is 31.8 Å². The molecule has 0 saturated heterocycles. The lowest BCUT2D eigenvalue weighted by molar-refractivity contribution is -0.112. The van der Waals surface area contributed by atoms with Crippen LogP contribution in [-0.2, 0) is 22.6 Å². The monoisotopic (exact) mass is 434 g/mol. The summed E-state index contributed by atoms with van der Waals surface area (Å²) in [7, 11) is 0. The van der Waals surface area contributed by atoms with E-state index in [0.29, 0.717) is 41.8 Å². The van der Waals surface area contributed by atoms with Crippen LogP contribution in [-0.4, -0.2) is 42.6 Å². The molecule has 166 valence electrons. The lowest BCUT2D eigenvalue weighted by Gasteiger charge is -2.22. The highest BCUT2D eigenvalue weighted by atomic mass is 16.5. The summed E-state index contributed by atoms with van der Waals surface area (Å²) >= 11 is 0. The highest BCUT2D eigenvalue weighted by Gasteiger charge is 2.34. The molecule has 3 rings (SSSR count). The van der Waals surface area contributed by atoms with Crippen molar-refractivity contribution in [2.24, 2.45) is 5.11 Å². The molecule has 1 aliphatic rings. The van der Waals surface area contributed by atoms with Gasteiger partial charge in [0.15, 0.2) is 0 Å². The Kier molecular flexibility index (Phi) is 8.25. The number of aldehydes is 2. The Balaban J connectivity index is 1.60. The Bertz CT molecular complexity index is 991. The van der Waals surface area contributed by atoms with Gasteiger partial charge in [0.2, 0.25) is 0 Å². The van der Waals surface area contributed by atoms with Gasteiger partial charge in [-0.2, -0.15) is 5.11 Å². The van der Waals surface area contributed by atoms with E-state index in [1.165, 1.54) is 10.5 Å². The zero-order chi connectivity index (χ0) is 22.8. The number of carbonyl (C=O) groups is 3. The average Bonchev–Trinajstić information content (AvgIpc) is 3.17. The van der Waals surface area contributed by atoms with Crippen LogP contribution in [0.1, 0.15) is 34.3 Å². The van der Waals surface area contributed by atoms with Crippen LogP contribution in [0, 0.1) is 5.53 Å². The van der Waals surface area contributed by atoms with Crippen molar-refractivity contribution in [1.82, 2.24) is 10.2 Å². The second-order valence-corrected chi connectivity index (χ2v) is 7.39. The van der Waals surface area contributed by atoms with E-state index in [1.807, 2.05) is 18.2 Å². The van der Waals surface area contributed by atoms with Gasteiger partial charge in [0.1, 0.15) is 30.6 Å². The molecular weight excluding hydrogens is 408 g/mol. The quantitative estimate of drug-likeness (QED) is 0.285. The van der Waals surface area contributed by atoms with E-state index >= 15 is 0 Å². The number of nitrogens with one attached hydrogen (secondary N) is 2. The van der Waals surface area contributed by atoms with Crippen LogP contribution < -0.4 is 10.1 Å². The number of hydrogen-bond donors (Lipinski definition) is 2. The highest BCUT2D eigenvalue weighted by molar-refractivity contribution is 6.00. The third-order valence-electron chi connectivity index (χ3n) is 5.28. The first-order chi connectivity index (χ1) is 15.7. The Morgan fingerprint density at radius 2 is 2.00 bits per heavy atom. The zero-order valence-electron chi connectivity index (χ0n) is 17.7. The maximum absolute atomic E-state index is 12.8. The topological polar surface area (TPSA) is 112 Å². The van der Waals surface area contributed by atoms with Gasteiger partial charge in [-0.3, -0.25) is 4.79 Å². The van der Waals surface area contributed by atoms with Crippen LogP contribution in [0.15, 0.2) is 65.5 Å². The fourth-order valence-electron chi connectivity index (χ4n) is 3.57. The summed E-state index contributed by atoms with van der Waals surface area (Å²) in [5.41, 5.74) is 10.2. The molecule has 1 atom stereocenters. The van der Waals surface area contributed by atoms with Crippen LogP contribution in [0.2, 0.25) is 0 Å².